The highest BCUT2D eigenvalue weighted by atomic mass is 35.5. The second-order valence-electron chi connectivity index (χ2n) is 4.78. The number of nitrogens with zero attached hydrogens (tertiary/aromatic N) is 1. The van der Waals surface area contributed by atoms with Crippen molar-refractivity contribution in [2.45, 2.75) is 26.3 Å². The molecule has 2 rings (SSSR count). The summed E-state index contributed by atoms with van der Waals surface area (Å²) in [5.74, 6) is 1.28. The molecule has 18 heavy (non-hydrogen) atoms. The molecule has 0 bridgehead atoms. The monoisotopic (exact) mass is 286 g/mol. The molecule has 5 heteroatoms. The van der Waals surface area contributed by atoms with E-state index in [-0.39, 0.29) is 5.82 Å². The van der Waals surface area contributed by atoms with E-state index in [0.717, 1.165) is 17.3 Å². The van der Waals surface area contributed by atoms with Gasteiger partial charge in [0.2, 0.25) is 0 Å². The Bertz CT molecular complexity index is 462. The van der Waals surface area contributed by atoms with Gasteiger partial charge in [0.15, 0.2) is 5.17 Å². The van der Waals surface area contributed by atoms with E-state index in [1.807, 2.05) is 0 Å². The van der Waals surface area contributed by atoms with Gasteiger partial charge in [0, 0.05) is 10.8 Å². The molecule has 1 aromatic carbocycles. The summed E-state index contributed by atoms with van der Waals surface area (Å²) in [5, 5.41) is 4.30. The summed E-state index contributed by atoms with van der Waals surface area (Å²) in [6.07, 6.45) is 1.07. The lowest BCUT2D eigenvalue weighted by molar-refractivity contribution is 0.529. The molecule has 0 aromatic heterocycles. The molecule has 1 aliphatic heterocycles. The summed E-state index contributed by atoms with van der Waals surface area (Å²) in [6.45, 7) is 4.37. The van der Waals surface area contributed by atoms with Crippen LogP contribution in [0.2, 0.25) is 5.02 Å². The average Bonchev–Trinajstić information content (AvgIpc) is 2.70. The van der Waals surface area contributed by atoms with Gasteiger partial charge in [-0.1, -0.05) is 37.2 Å². The van der Waals surface area contributed by atoms with Gasteiger partial charge in [0.1, 0.15) is 5.82 Å². The SMILES string of the molecule is CC(C)CC1CSC(Nc2cc(Cl)ccc2F)=N1. The second kappa shape index (κ2) is 5.93. The molecule has 0 saturated carbocycles. The van der Waals surface area contributed by atoms with Crippen LogP contribution in [0.1, 0.15) is 20.3 Å². The van der Waals surface area contributed by atoms with Crippen LogP contribution in [0, 0.1) is 11.7 Å². The quantitative estimate of drug-likeness (QED) is 0.890. The Kier molecular flexibility index (Phi) is 4.51. The Morgan fingerprint density at radius 2 is 2.33 bits per heavy atom. The Morgan fingerprint density at radius 3 is 3.06 bits per heavy atom. The maximum atomic E-state index is 13.5. The summed E-state index contributed by atoms with van der Waals surface area (Å²) < 4.78 is 13.5. The Hall–Kier alpha value is -0.740. The molecular weight excluding hydrogens is 271 g/mol. The zero-order valence-electron chi connectivity index (χ0n) is 10.4. The van der Waals surface area contributed by atoms with Crippen molar-refractivity contribution in [2.75, 3.05) is 11.1 Å². The smallest absolute Gasteiger partial charge is 0.161 e. The lowest BCUT2D eigenvalue weighted by Gasteiger charge is -2.08. The maximum Gasteiger partial charge on any atom is 0.161 e. The summed E-state index contributed by atoms with van der Waals surface area (Å²) in [6, 6.07) is 4.80. The van der Waals surface area contributed by atoms with Gasteiger partial charge in [-0.2, -0.15) is 0 Å². The van der Waals surface area contributed by atoms with E-state index >= 15 is 0 Å². The topological polar surface area (TPSA) is 24.4 Å². The van der Waals surface area contributed by atoms with Gasteiger partial charge < -0.3 is 5.32 Å². The number of amidine groups is 1. The highest BCUT2D eigenvalue weighted by molar-refractivity contribution is 8.14. The predicted molar refractivity (Wildman–Crippen MR) is 78.2 cm³/mol. The van der Waals surface area contributed by atoms with Crippen LogP contribution < -0.4 is 5.32 Å². The minimum atomic E-state index is -0.310. The molecule has 1 N–H and O–H groups in total. The van der Waals surface area contributed by atoms with Crippen LogP contribution in [0.15, 0.2) is 23.2 Å². The molecule has 1 aliphatic rings. The number of halogens is 2. The van der Waals surface area contributed by atoms with Crippen LogP contribution in [-0.4, -0.2) is 17.0 Å². The molecule has 0 radical (unpaired) electrons. The predicted octanol–water partition coefficient (Wildman–Crippen LogP) is 4.41. The van der Waals surface area contributed by atoms with Crippen LogP contribution in [0.25, 0.3) is 0 Å². The van der Waals surface area contributed by atoms with E-state index in [0.29, 0.717) is 22.7 Å². The number of benzene rings is 1. The first kappa shape index (κ1) is 13.7. The number of aliphatic imine (C=N–C) groups is 1. The van der Waals surface area contributed by atoms with E-state index in [4.69, 9.17) is 11.6 Å². The van der Waals surface area contributed by atoms with Gasteiger partial charge in [-0.3, -0.25) is 4.99 Å². The highest BCUT2D eigenvalue weighted by Gasteiger charge is 2.20. The molecule has 0 saturated heterocycles. The number of hydrogen-bond acceptors (Lipinski definition) is 3. The molecule has 1 heterocycles. The fourth-order valence-electron chi connectivity index (χ4n) is 1.86. The summed E-state index contributed by atoms with van der Waals surface area (Å²) in [5.41, 5.74) is 0.388. The van der Waals surface area contributed by atoms with E-state index in [1.54, 1.807) is 17.8 Å². The van der Waals surface area contributed by atoms with Crippen molar-refractivity contribution in [1.82, 2.24) is 0 Å². The second-order valence-corrected chi connectivity index (χ2v) is 6.22. The molecule has 0 spiro atoms. The summed E-state index contributed by atoms with van der Waals surface area (Å²) >= 11 is 7.48. The lowest BCUT2D eigenvalue weighted by Crippen LogP contribution is -2.08. The van der Waals surface area contributed by atoms with E-state index in [2.05, 4.69) is 24.2 Å². The first-order chi connectivity index (χ1) is 8.54. The van der Waals surface area contributed by atoms with E-state index in [9.17, 15) is 4.39 Å². The largest absolute Gasteiger partial charge is 0.333 e. The molecule has 98 valence electrons. The molecule has 0 fully saturated rings. The molecule has 0 amide bonds. The number of rotatable bonds is 3. The zero-order valence-corrected chi connectivity index (χ0v) is 12.0. The van der Waals surface area contributed by atoms with E-state index < -0.39 is 0 Å². The van der Waals surface area contributed by atoms with Gasteiger partial charge in [-0.05, 0) is 30.5 Å². The highest BCUT2D eigenvalue weighted by Crippen LogP contribution is 2.26. The third-order valence-corrected chi connectivity index (χ3v) is 3.89. The van der Waals surface area contributed by atoms with E-state index in [1.165, 1.54) is 12.1 Å². The molecule has 0 aliphatic carbocycles. The van der Waals surface area contributed by atoms with Crippen molar-refractivity contribution in [3.05, 3.63) is 29.0 Å². The van der Waals surface area contributed by atoms with Crippen molar-refractivity contribution in [3.63, 3.8) is 0 Å². The summed E-state index contributed by atoms with van der Waals surface area (Å²) in [4.78, 5) is 4.55. The van der Waals surface area contributed by atoms with Crippen LogP contribution in [-0.2, 0) is 0 Å². The van der Waals surface area contributed by atoms with Crippen molar-refractivity contribution in [3.8, 4) is 0 Å². The molecule has 1 atom stereocenters. The first-order valence-electron chi connectivity index (χ1n) is 5.97. The standard InChI is InChI=1S/C13H16ClFN2S/c1-8(2)5-10-7-18-13(16-10)17-12-6-9(14)3-4-11(12)15/h3-4,6,8,10H,5,7H2,1-2H3,(H,16,17). The summed E-state index contributed by atoms with van der Waals surface area (Å²) in [7, 11) is 0. The van der Waals surface area contributed by atoms with Crippen molar-refractivity contribution < 1.29 is 4.39 Å². The van der Waals surface area contributed by atoms with Gasteiger partial charge in [0.25, 0.3) is 0 Å². The Balaban J connectivity index is 2.04. The molecule has 1 unspecified atom stereocenters. The van der Waals surface area contributed by atoms with Gasteiger partial charge in [-0.15, -0.1) is 0 Å². The molecule has 1 aromatic rings. The first-order valence-corrected chi connectivity index (χ1v) is 7.33. The number of anilines is 1. The van der Waals surface area contributed by atoms with Crippen molar-refractivity contribution >= 4 is 34.2 Å². The minimum absolute atomic E-state index is 0.310. The third kappa shape index (κ3) is 3.62. The average molecular weight is 287 g/mol. The van der Waals surface area contributed by atoms with Crippen LogP contribution in [0.4, 0.5) is 10.1 Å². The van der Waals surface area contributed by atoms with Crippen molar-refractivity contribution in [2.24, 2.45) is 10.9 Å². The van der Waals surface area contributed by atoms with Crippen molar-refractivity contribution in [1.29, 1.82) is 0 Å². The molecular formula is C13H16ClFN2S. The van der Waals surface area contributed by atoms with Crippen LogP contribution in [0.3, 0.4) is 0 Å². The Morgan fingerprint density at radius 1 is 1.56 bits per heavy atom. The Labute approximate surface area is 116 Å². The third-order valence-electron chi connectivity index (χ3n) is 2.63. The normalized spacial score (nSPS) is 19.2. The fraction of sp³-hybridized carbons (Fsp3) is 0.462. The van der Waals surface area contributed by atoms with Gasteiger partial charge in [0.05, 0.1) is 11.7 Å². The number of nitrogens with one attached hydrogen (secondary N) is 1. The fourth-order valence-corrected chi connectivity index (χ4v) is 3.00. The minimum Gasteiger partial charge on any atom is -0.333 e. The zero-order chi connectivity index (χ0) is 13.1. The maximum absolute atomic E-state index is 13.5. The van der Waals surface area contributed by atoms with Crippen LogP contribution >= 0.6 is 23.4 Å². The lowest BCUT2D eigenvalue weighted by atomic mass is 10.1. The van der Waals surface area contributed by atoms with Crippen LogP contribution in [0.5, 0.6) is 0 Å². The number of thioether (sulfide) groups is 1. The number of hydrogen-bond donors (Lipinski definition) is 1. The van der Waals surface area contributed by atoms with Gasteiger partial charge >= 0.3 is 0 Å². The van der Waals surface area contributed by atoms with Gasteiger partial charge in [-0.25, -0.2) is 4.39 Å². The molecule has 2 nitrogen and oxygen atoms in total.